The van der Waals surface area contributed by atoms with Crippen molar-refractivity contribution in [3.05, 3.63) is 0 Å². The highest BCUT2D eigenvalue weighted by molar-refractivity contribution is 7.91. The van der Waals surface area contributed by atoms with E-state index in [0.29, 0.717) is 0 Å². The van der Waals surface area contributed by atoms with Crippen LogP contribution in [0.4, 0.5) is 0 Å². The Labute approximate surface area is 104 Å². The summed E-state index contributed by atoms with van der Waals surface area (Å²) in [6, 6.07) is 0. The molecule has 1 fully saturated rings. The second-order valence-corrected chi connectivity index (χ2v) is 7.73. The fourth-order valence-corrected chi connectivity index (χ4v) is 3.19. The van der Waals surface area contributed by atoms with Crippen molar-refractivity contribution >= 4 is 15.6 Å². The van der Waals surface area contributed by atoms with E-state index in [9.17, 15) is 13.2 Å². The second kappa shape index (κ2) is 5.48. The number of rotatable bonds is 6. The summed E-state index contributed by atoms with van der Waals surface area (Å²) in [5.41, 5.74) is -0.452. The quantitative estimate of drug-likeness (QED) is 0.783. The molecule has 0 aliphatic carbocycles. The van der Waals surface area contributed by atoms with Gasteiger partial charge in [-0.05, 0) is 39.7 Å². The standard InChI is InChI=1S/C12H23NO3S/c1-4-12(7-5-8-13-12)11(14)6-9-17(15,16)10(2)3/h10,13H,4-9H2,1-3H3. The second-order valence-electron chi connectivity index (χ2n) is 5.05. The third-order valence-corrected chi connectivity index (χ3v) is 5.92. The summed E-state index contributed by atoms with van der Waals surface area (Å²) in [4.78, 5) is 12.1. The maximum absolute atomic E-state index is 12.1. The summed E-state index contributed by atoms with van der Waals surface area (Å²) < 4.78 is 23.3. The number of carbonyl (C=O) groups is 1. The molecule has 1 atom stereocenters. The van der Waals surface area contributed by atoms with E-state index < -0.39 is 20.6 Å². The van der Waals surface area contributed by atoms with Crippen molar-refractivity contribution in [1.29, 1.82) is 0 Å². The Morgan fingerprint density at radius 1 is 1.41 bits per heavy atom. The van der Waals surface area contributed by atoms with Gasteiger partial charge in [-0.3, -0.25) is 4.79 Å². The first-order valence-electron chi connectivity index (χ1n) is 6.34. The molecule has 100 valence electrons. The lowest BCUT2D eigenvalue weighted by atomic mass is 9.88. The van der Waals surface area contributed by atoms with Crippen molar-refractivity contribution in [2.24, 2.45) is 0 Å². The molecule has 0 spiro atoms. The highest BCUT2D eigenvalue weighted by atomic mass is 32.2. The van der Waals surface area contributed by atoms with Gasteiger partial charge in [0.15, 0.2) is 15.6 Å². The number of hydrogen-bond acceptors (Lipinski definition) is 4. The number of Topliss-reactive ketones (excluding diaryl/α,β-unsaturated/α-hetero) is 1. The number of sulfone groups is 1. The fraction of sp³-hybridized carbons (Fsp3) is 0.917. The van der Waals surface area contributed by atoms with Gasteiger partial charge in [0.25, 0.3) is 0 Å². The van der Waals surface area contributed by atoms with Crippen molar-refractivity contribution < 1.29 is 13.2 Å². The first kappa shape index (κ1) is 14.6. The van der Waals surface area contributed by atoms with Crippen molar-refractivity contribution in [2.45, 2.75) is 57.2 Å². The Kier molecular flexibility index (Phi) is 4.72. The molecule has 0 radical (unpaired) electrons. The zero-order valence-electron chi connectivity index (χ0n) is 11.0. The first-order valence-corrected chi connectivity index (χ1v) is 8.05. The van der Waals surface area contributed by atoms with Crippen LogP contribution in [-0.2, 0) is 14.6 Å². The summed E-state index contributed by atoms with van der Waals surface area (Å²) in [5, 5.41) is 2.84. The molecule has 17 heavy (non-hydrogen) atoms. The fourth-order valence-electron chi connectivity index (χ4n) is 2.25. The molecule has 0 amide bonds. The number of nitrogens with one attached hydrogen (secondary N) is 1. The minimum absolute atomic E-state index is 0.0209. The molecular weight excluding hydrogens is 238 g/mol. The van der Waals surface area contributed by atoms with Gasteiger partial charge in [0.2, 0.25) is 0 Å². The van der Waals surface area contributed by atoms with E-state index in [2.05, 4.69) is 5.32 Å². The number of carbonyl (C=O) groups excluding carboxylic acids is 1. The minimum atomic E-state index is -3.11. The van der Waals surface area contributed by atoms with Gasteiger partial charge in [-0.2, -0.15) is 0 Å². The van der Waals surface area contributed by atoms with Gasteiger partial charge >= 0.3 is 0 Å². The predicted octanol–water partition coefficient (Wildman–Crippen LogP) is 1.30. The Balaban J connectivity index is 2.61. The van der Waals surface area contributed by atoms with Crippen LogP contribution in [0.2, 0.25) is 0 Å². The summed E-state index contributed by atoms with van der Waals surface area (Å²) >= 11 is 0. The summed E-state index contributed by atoms with van der Waals surface area (Å²) in [5.74, 6) is 0.0363. The lowest BCUT2D eigenvalue weighted by Crippen LogP contribution is -2.47. The van der Waals surface area contributed by atoms with Gasteiger partial charge < -0.3 is 5.32 Å². The van der Waals surface area contributed by atoms with Crippen LogP contribution < -0.4 is 5.32 Å². The van der Waals surface area contributed by atoms with Crippen molar-refractivity contribution in [3.63, 3.8) is 0 Å². The van der Waals surface area contributed by atoms with E-state index in [1.54, 1.807) is 13.8 Å². The Hall–Kier alpha value is -0.420. The molecule has 5 heteroatoms. The average Bonchev–Trinajstić information content (AvgIpc) is 2.75. The van der Waals surface area contributed by atoms with E-state index in [1.807, 2.05) is 6.92 Å². The van der Waals surface area contributed by atoms with Crippen molar-refractivity contribution in [3.8, 4) is 0 Å². The minimum Gasteiger partial charge on any atom is -0.305 e. The smallest absolute Gasteiger partial charge is 0.153 e. The summed E-state index contributed by atoms with van der Waals surface area (Å²) in [7, 11) is -3.11. The maximum atomic E-state index is 12.1. The van der Waals surface area contributed by atoms with Gasteiger partial charge in [0.05, 0.1) is 16.5 Å². The Morgan fingerprint density at radius 2 is 2.06 bits per heavy atom. The average molecular weight is 261 g/mol. The van der Waals surface area contributed by atoms with Gasteiger partial charge in [-0.1, -0.05) is 6.92 Å². The molecule has 0 aromatic carbocycles. The van der Waals surface area contributed by atoms with E-state index in [4.69, 9.17) is 0 Å². The lowest BCUT2D eigenvalue weighted by Gasteiger charge is -2.26. The monoisotopic (exact) mass is 261 g/mol. The summed E-state index contributed by atoms with van der Waals surface area (Å²) in [6.07, 6.45) is 2.72. The van der Waals surface area contributed by atoms with Gasteiger partial charge in [-0.15, -0.1) is 0 Å². The van der Waals surface area contributed by atoms with Gasteiger partial charge in [0, 0.05) is 6.42 Å². The molecule has 1 aliphatic rings. The molecule has 1 unspecified atom stereocenters. The molecule has 0 aromatic heterocycles. The molecule has 0 aromatic rings. The molecule has 0 saturated carbocycles. The topological polar surface area (TPSA) is 63.2 Å². The highest BCUT2D eigenvalue weighted by Crippen LogP contribution is 2.25. The number of hydrogen-bond donors (Lipinski definition) is 1. The largest absolute Gasteiger partial charge is 0.305 e. The molecule has 1 rings (SSSR count). The Bertz CT molecular complexity index is 367. The third-order valence-electron chi connectivity index (χ3n) is 3.71. The van der Waals surface area contributed by atoms with Crippen LogP contribution in [0.3, 0.4) is 0 Å². The maximum Gasteiger partial charge on any atom is 0.153 e. The molecule has 1 aliphatic heterocycles. The van der Waals surface area contributed by atoms with Crippen LogP contribution >= 0.6 is 0 Å². The van der Waals surface area contributed by atoms with E-state index in [1.165, 1.54) is 0 Å². The predicted molar refractivity (Wildman–Crippen MR) is 68.8 cm³/mol. The highest BCUT2D eigenvalue weighted by Gasteiger charge is 2.38. The van der Waals surface area contributed by atoms with E-state index in [-0.39, 0.29) is 18.0 Å². The summed E-state index contributed by atoms with van der Waals surface area (Å²) in [6.45, 7) is 6.15. The molecular formula is C12H23NO3S. The van der Waals surface area contributed by atoms with Crippen LogP contribution in [0.1, 0.15) is 46.5 Å². The van der Waals surface area contributed by atoms with Crippen LogP contribution in [0.15, 0.2) is 0 Å². The van der Waals surface area contributed by atoms with Crippen molar-refractivity contribution in [1.82, 2.24) is 5.32 Å². The van der Waals surface area contributed by atoms with E-state index >= 15 is 0 Å². The van der Waals surface area contributed by atoms with E-state index in [0.717, 1.165) is 25.8 Å². The zero-order valence-corrected chi connectivity index (χ0v) is 11.8. The molecule has 1 saturated heterocycles. The number of ketones is 1. The van der Waals surface area contributed by atoms with Crippen LogP contribution in [0.25, 0.3) is 0 Å². The van der Waals surface area contributed by atoms with Crippen LogP contribution in [0.5, 0.6) is 0 Å². The molecule has 1 heterocycles. The van der Waals surface area contributed by atoms with Crippen LogP contribution in [-0.4, -0.2) is 37.3 Å². The molecule has 4 nitrogen and oxygen atoms in total. The van der Waals surface area contributed by atoms with Gasteiger partial charge in [0.1, 0.15) is 0 Å². The zero-order chi connectivity index (χ0) is 13.1. The van der Waals surface area contributed by atoms with Crippen LogP contribution in [0, 0.1) is 0 Å². The first-order chi connectivity index (χ1) is 7.84. The Morgan fingerprint density at radius 3 is 2.47 bits per heavy atom. The lowest BCUT2D eigenvalue weighted by molar-refractivity contribution is -0.124. The third kappa shape index (κ3) is 3.28. The SMILES string of the molecule is CCC1(C(=O)CCS(=O)(=O)C(C)C)CCCN1. The normalized spacial score (nSPS) is 25.4. The molecule has 0 bridgehead atoms. The van der Waals surface area contributed by atoms with Gasteiger partial charge in [-0.25, -0.2) is 8.42 Å². The van der Waals surface area contributed by atoms with Crippen molar-refractivity contribution in [2.75, 3.05) is 12.3 Å². The molecule has 1 N–H and O–H groups in total.